The van der Waals surface area contributed by atoms with Crippen molar-refractivity contribution in [2.45, 2.75) is 25.7 Å². The fraction of sp³-hybridized carbons (Fsp3) is 0.818. The molecule has 2 atom stereocenters. The summed E-state index contributed by atoms with van der Waals surface area (Å²) >= 11 is 0. The first-order valence-electron chi connectivity index (χ1n) is 6.03. The smallest absolute Gasteiger partial charge is 0.404 e. The summed E-state index contributed by atoms with van der Waals surface area (Å²) in [6.45, 7) is 1.08. The Labute approximate surface area is 101 Å². The highest BCUT2D eigenvalue weighted by Crippen LogP contribution is 2.28. The monoisotopic (exact) mass is 243 g/mol. The molecule has 0 spiro atoms. The van der Waals surface area contributed by atoms with Gasteiger partial charge in [-0.15, -0.1) is 0 Å². The van der Waals surface area contributed by atoms with E-state index in [1.807, 2.05) is 0 Å². The SMILES string of the molecule is NCC1CCCC(C(=O)NCCOC(N)=O)C1. The third-order valence-electron chi connectivity index (χ3n) is 3.13. The molecule has 6 nitrogen and oxygen atoms in total. The van der Waals surface area contributed by atoms with Crippen molar-refractivity contribution in [3.05, 3.63) is 0 Å². The zero-order chi connectivity index (χ0) is 12.7. The molecule has 1 aliphatic rings. The summed E-state index contributed by atoms with van der Waals surface area (Å²) in [5.74, 6) is 0.531. The van der Waals surface area contributed by atoms with Gasteiger partial charge in [0.1, 0.15) is 6.61 Å². The van der Waals surface area contributed by atoms with Crippen LogP contribution in [0.25, 0.3) is 0 Å². The molecule has 1 fully saturated rings. The van der Waals surface area contributed by atoms with Crippen LogP contribution in [0.5, 0.6) is 0 Å². The van der Waals surface area contributed by atoms with Gasteiger partial charge in [-0.25, -0.2) is 4.79 Å². The van der Waals surface area contributed by atoms with Gasteiger partial charge in [0.05, 0.1) is 6.54 Å². The average molecular weight is 243 g/mol. The minimum Gasteiger partial charge on any atom is -0.448 e. The summed E-state index contributed by atoms with van der Waals surface area (Å²) in [4.78, 5) is 22.1. The minimum atomic E-state index is -0.819. The van der Waals surface area contributed by atoms with Crippen LogP contribution in [-0.4, -0.2) is 31.7 Å². The van der Waals surface area contributed by atoms with Crippen LogP contribution < -0.4 is 16.8 Å². The number of nitrogens with one attached hydrogen (secondary N) is 1. The van der Waals surface area contributed by atoms with Gasteiger partial charge in [0.2, 0.25) is 5.91 Å². The standard InChI is InChI=1S/C11H21N3O3/c12-7-8-2-1-3-9(6-8)10(15)14-4-5-17-11(13)16/h8-9H,1-7,12H2,(H2,13,16)(H,14,15). The van der Waals surface area contributed by atoms with Crippen LogP contribution in [0.3, 0.4) is 0 Å². The number of carbonyl (C=O) groups is 2. The first kappa shape index (κ1) is 13.8. The molecule has 0 radical (unpaired) electrons. The second kappa shape index (κ2) is 7.11. The van der Waals surface area contributed by atoms with E-state index >= 15 is 0 Å². The fourth-order valence-corrected chi connectivity index (χ4v) is 2.21. The lowest BCUT2D eigenvalue weighted by atomic mass is 9.81. The number of ether oxygens (including phenoxy) is 1. The molecule has 17 heavy (non-hydrogen) atoms. The van der Waals surface area contributed by atoms with Crippen molar-refractivity contribution in [2.24, 2.45) is 23.3 Å². The van der Waals surface area contributed by atoms with E-state index in [0.717, 1.165) is 25.7 Å². The molecule has 0 aromatic heterocycles. The number of carbonyl (C=O) groups excluding carboxylic acids is 2. The molecule has 1 saturated carbocycles. The summed E-state index contributed by atoms with van der Waals surface area (Å²) in [6, 6.07) is 0. The lowest BCUT2D eigenvalue weighted by molar-refractivity contribution is -0.126. The largest absolute Gasteiger partial charge is 0.448 e. The van der Waals surface area contributed by atoms with Crippen molar-refractivity contribution in [1.82, 2.24) is 5.32 Å². The van der Waals surface area contributed by atoms with Crippen LogP contribution in [0, 0.1) is 11.8 Å². The molecule has 0 aromatic rings. The van der Waals surface area contributed by atoms with E-state index in [9.17, 15) is 9.59 Å². The van der Waals surface area contributed by atoms with Crippen LogP contribution in [0.4, 0.5) is 4.79 Å². The number of hydrogen-bond donors (Lipinski definition) is 3. The molecule has 0 saturated heterocycles. The Morgan fingerprint density at radius 3 is 2.76 bits per heavy atom. The second-order valence-electron chi connectivity index (χ2n) is 4.42. The summed E-state index contributed by atoms with van der Waals surface area (Å²) in [7, 11) is 0. The highest BCUT2D eigenvalue weighted by atomic mass is 16.5. The molecule has 5 N–H and O–H groups in total. The van der Waals surface area contributed by atoms with Gasteiger partial charge in [-0.3, -0.25) is 4.79 Å². The third-order valence-corrected chi connectivity index (χ3v) is 3.13. The summed E-state index contributed by atoms with van der Waals surface area (Å²) in [5, 5.41) is 2.74. The lowest BCUT2D eigenvalue weighted by Crippen LogP contribution is -2.37. The minimum absolute atomic E-state index is 0.0243. The van der Waals surface area contributed by atoms with Crippen molar-refractivity contribution in [2.75, 3.05) is 19.7 Å². The van der Waals surface area contributed by atoms with Gasteiger partial charge in [0, 0.05) is 5.92 Å². The van der Waals surface area contributed by atoms with Gasteiger partial charge in [-0.1, -0.05) is 6.42 Å². The number of primary amides is 1. The molecule has 0 bridgehead atoms. The van der Waals surface area contributed by atoms with Gasteiger partial charge in [0.15, 0.2) is 0 Å². The topological polar surface area (TPSA) is 107 Å². The van der Waals surface area contributed by atoms with E-state index in [0.29, 0.717) is 19.0 Å². The number of hydrogen-bond acceptors (Lipinski definition) is 4. The number of nitrogens with two attached hydrogens (primary N) is 2. The molecule has 1 aliphatic carbocycles. The molecule has 0 aromatic carbocycles. The van der Waals surface area contributed by atoms with Crippen molar-refractivity contribution in [3.63, 3.8) is 0 Å². The van der Waals surface area contributed by atoms with Crippen molar-refractivity contribution in [1.29, 1.82) is 0 Å². The van der Waals surface area contributed by atoms with Crippen molar-refractivity contribution >= 4 is 12.0 Å². The molecule has 0 heterocycles. The zero-order valence-electron chi connectivity index (χ0n) is 9.98. The molecular formula is C11H21N3O3. The first-order chi connectivity index (χ1) is 8.13. The zero-order valence-corrected chi connectivity index (χ0v) is 9.98. The molecular weight excluding hydrogens is 222 g/mol. The Kier molecular flexibility index (Phi) is 5.76. The lowest BCUT2D eigenvalue weighted by Gasteiger charge is -2.27. The molecule has 0 aliphatic heterocycles. The third kappa shape index (κ3) is 5.04. The first-order valence-corrected chi connectivity index (χ1v) is 6.03. The quantitative estimate of drug-likeness (QED) is 0.589. The van der Waals surface area contributed by atoms with E-state index in [-0.39, 0.29) is 18.4 Å². The maximum atomic E-state index is 11.8. The van der Waals surface area contributed by atoms with Gasteiger partial charge < -0.3 is 21.5 Å². The predicted molar refractivity (Wildman–Crippen MR) is 63.0 cm³/mol. The van der Waals surface area contributed by atoms with Gasteiger partial charge >= 0.3 is 6.09 Å². The highest BCUT2D eigenvalue weighted by molar-refractivity contribution is 5.78. The Morgan fingerprint density at radius 2 is 2.12 bits per heavy atom. The molecule has 98 valence electrons. The van der Waals surface area contributed by atoms with Gasteiger partial charge in [-0.2, -0.15) is 0 Å². The van der Waals surface area contributed by atoms with E-state index in [1.165, 1.54) is 0 Å². The van der Waals surface area contributed by atoms with E-state index in [4.69, 9.17) is 11.5 Å². The van der Waals surface area contributed by atoms with E-state index < -0.39 is 6.09 Å². The average Bonchev–Trinajstić information content (AvgIpc) is 2.34. The molecule has 6 heteroatoms. The molecule has 2 amide bonds. The summed E-state index contributed by atoms with van der Waals surface area (Å²) in [6.07, 6.45) is 3.13. The van der Waals surface area contributed by atoms with Crippen LogP contribution in [0.15, 0.2) is 0 Å². The maximum Gasteiger partial charge on any atom is 0.404 e. The van der Waals surface area contributed by atoms with Gasteiger partial charge in [-0.05, 0) is 31.7 Å². The Bertz CT molecular complexity index is 271. The molecule has 1 rings (SSSR count). The van der Waals surface area contributed by atoms with Crippen LogP contribution >= 0.6 is 0 Å². The van der Waals surface area contributed by atoms with Crippen LogP contribution in [0.1, 0.15) is 25.7 Å². The maximum absolute atomic E-state index is 11.8. The summed E-state index contributed by atoms with van der Waals surface area (Å²) in [5.41, 5.74) is 10.4. The number of rotatable bonds is 5. The van der Waals surface area contributed by atoms with Crippen LogP contribution in [-0.2, 0) is 9.53 Å². The Morgan fingerprint density at radius 1 is 1.35 bits per heavy atom. The van der Waals surface area contributed by atoms with E-state index in [2.05, 4.69) is 10.1 Å². The fourth-order valence-electron chi connectivity index (χ4n) is 2.21. The molecule has 2 unspecified atom stereocenters. The summed E-state index contributed by atoms with van der Waals surface area (Å²) < 4.78 is 4.53. The van der Waals surface area contributed by atoms with Crippen LogP contribution in [0.2, 0.25) is 0 Å². The van der Waals surface area contributed by atoms with E-state index in [1.54, 1.807) is 0 Å². The van der Waals surface area contributed by atoms with Crippen molar-refractivity contribution < 1.29 is 14.3 Å². The Balaban J connectivity index is 2.20. The number of amides is 2. The highest BCUT2D eigenvalue weighted by Gasteiger charge is 2.26. The second-order valence-corrected chi connectivity index (χ2v) is 4.42. The Hall–Kier alpha value is -1.30. The normalized spacial score (nSPS) is 24.1. The van der Waals surface area contributed by atoms with Gasteiger partial charge in [0.25, 0.3) is 0 Å². The van der Waals surface area contributed by atoms with Crippen molar-refractivity contribution in [3.8, 4) is 0 Å². The predicted octanol–water partition coefficient (Wildman–Crippen LogP) is -0.0370.